The lowest BCUT2D eigenvalue weighted by molar-refractivity contribution is -0.114. The SMILES string of the molecule is COc1ccc(S(=O)(=O)N(CC(=O)Nc2cccc(C)c2)c2cc(Cl)ccc2OC)cc1OC. The van der Waals surface area contributed by atoms with Gasteiger partial charge in [-0.05, 0) is 55.0 Å². The van der Waals surface area contributed by atoms with E-state index >= 15 is 0 Å². The molecule has 0 aliphatic carbocycles. The molecule has 0 saturated heterocycles. The molecule has 0 aromatic heterocycles. The number of halogens is 1. The molecule has 0 heterocycles. The minimum atomic E-state index is -4.26. The van der Waals surface area contributed by atoms with Gasteiger partial charge in [0.15, 0.2) is 11.5 Å². The first kappa shape index (κ1) is 25.2. The van der Waals surface area contributed by atoms with Crippen LogP contribution in [0, 0.1) is 6.92 Å². The van der Waals surface area contributed by atoms with Crippen LogP contribution in [0.5, 0.6) is 17.2 Å². The quantitative estimate of drug-likeness (QED) is 0.461. The van der Waals surface area contributed by atoms with Crippen molar-refractivity contribution in [2.75, 3.05) is 37.5 Å². The average Bonchev–Trinajstić information content (AvgIpc) is 2.81. The summed E-state index contributed by atoms with van der Waals surface area (Å²) in [7, 11) is -0.00144. The molecule has 0 aliphatic heterocycles. The maximum Gasteiger partial charge on any atom is 0.265 e. The van der Waals surface area contributed by atoms with Crippen molar-refractivity contribution in [2.45, 2.75) is 11.8 Å². The number of hydrogen-bond acceptors (Lipinski definition) is 6. The number of anilines is 2. The largest absolute Gasteiger partial charge is 0.495 e. The van der Waals surface area contributed by atoms with E-state index < -0.39 is 22.5 Å². The molecule has 0 saturated carbocycles. The van der Waals surface area contributed by atoms with Gasteiger partial charge in [-0.25, -0.2) is 8.42 Å². The standard InChI is InChI=1S/C24H25ClN2O6S/c1-16-6-5-7-18(12-16)26-24(28)15-27(20-13-17(25)8-10-21(20)31-2)34(29,30)19-9-11-22(32-3)23(14-19)33-4/h5-14H,15H2,1-4H3,(H,26,28). The highest BCUT2D eigenvalue weighted by Crippen LogP contribution is 2.37. The van der Waals surface area contributed by atoms with Crippen LogP contribution in [-0.4, -0.2) is 42.2 Å². The van der Waals surface area contributed by atoms with Gasteiger partial charge in [0.1, 0.15) is 12.3 Å². The third kappa shape index (κ3) is 5.55. The number of aryl methyl sites for hydroxylation is 1. The van der Waals surface area contributed by atoms with Crippen LogP contribution in [-0.2, 0) is 14.8 Å². The number of rotatable bonds is 9. The maximum atomic E-state index is 13.8. The minimum absolute atomic E-state index is 0.101. The highest BCUT2D eigenvalue weighted by Gasteiger charge is 2.30. The van der Waals surface area contributed by atoms with E-state index in [-0.39, 0.29) is 27.1 Å². The zero-order valence-electron chi connectivity index (χ0n) is 19.2. The van der Waals surface area contributed by atoms with Crippen molar-refractivity contribution in [3.63, 3.8) is 0 Å². The fraction of sp³-hybridized carbons (Fsp3) is 0.208. The zero-order chi connectivity index (χ0) is 24.9. The Labute approximate surface area is 204 Å². The van der Waals surface area contributed by atoms with Crippen molar-refractivity contribution in [2.24, 2.45) is 0 Å². The Morgan fingerprint density at radius 2 is 1.59 bits per heavy atom. The van der Waals surface area contributed by atoms with Crippen LogP contribution < -0.4 is 23.8 Å². The predicted octanol–water partition coefficient (Wildman–Crippen LogP) is 4.51. The number of nitrogens with zero attached hydrogens (tertiary/aromatic N) is 1. The normalized spacial score (nSPS) is 11.0. The zero-order valence-corrected chi connectivity index (χ0v) is 20.7. The molecule has 1 amide bonds. The monoisotopic (exact) mass is 504 g/mol. The summed E-state index contributed by atoms with van der Waals surface area (Å²) in [5.41, 5.74) is 1.61. The van der Waals surface area contributed by atoms with Crippen LogP contribution in [0.2, 0.25) is 5.02 Å². The topological polar surface area (TPSA) is 94.2 Å². The van der Waals surface area contributed by atoms with E-state index in [1.54, 1.807) is 24.3 Å². The number of amides is 1. The molecule has 34 heavy (non-hydrogen) atoms. The molecule has 1 N–H and O–H groups in total. The first-order valence-corrected chi connectivity index (χ1v) is 12.0. The van der Waals surface area contributed by atoms with Crippen molar-refractivity contribution in [1.82, 2.24) is 0 Å². The molecule has 0 unspecified atom stereocenters. The molecule has 0 radical (unpaired) electrons. The molecule has 3 rings (SSSR count). The van der Waals surface area contributed by atoms with E-state index in [0.717, 1.165) is 9.87 Å². The Morgan fingerprint density at radius 3 is 2.24 bits per heavy atom. The van der Waals surface area contributed by atoms with Gasteiger partial charge in [-0.15, -0.1) is 0 Å². The van der Waals surface area contributed by atoms with Crippen LogP contribution in [0.3, 0.4) is 0 Å². The molecule has 0 aliphatic rings. The molecule has 0 atom stereocenters. The minimum Gasteiger partial charge on any atom is -0.495 e. The number of nitrogens with one attached hydrogen (secondary N) is 1. The maximum absolute atomic E-state index is 13.8. The summed E-state index contributed by atoms with van der Waals surface area (Å²) in [6.07, 6.45) is 0. The van der Waals surface area contributed by atoms with E-state index in [2.05, 4.69) is 5.32 Å². The lowest BCUT2D eigenvalue weighted by Gasteiger charge is -2.26. The third-order valence-electron chi connectivity index (χ3n) is 4.94. The van der Waals surface area contributed by atoms with Crippen LogP contribution in [0.25, 0.3) is 0 Å². The molecular formula is C24H25ClN2O6S. The Hall–Kier alpha value is -3.43. The Morgan fingerprint density at radius 1 is 0.912 bits per heavy atom. The van der Waals surface area contributed by atoms with Crippen LogP contribution in [0.1, 0.15) is 5.56 Å². The molecule has 8 nitrogen and oxygen atoms in total. The number of ether oxygens (including phenoxy) is 3. The second-order valence-electron chi connectivity index (χ2n) is 7.26. The number of carbonyl (C=O) groups excluding carboxylic acids is 1. The van der Waals surface area contributed by atoms with Gasteiger partial charge >= 0.3 is 0 Å². The van der Waals surface area contributed by atoms with Gasteiger partial charge in [-0.3, -0.25) is 9.10 Å². The number of carbonyl (C=O) groups is 1. The number of hydrogen-bond donors (Lipinski definition) is 1. The van der Waals surface area contributed by atoms with Crippen molar-refractivity contribution in [3.05, 3.63) is 71.2 Å². The first-order chi connectivity index (χ1) is 16.2. The van der Waals surface area contributed by atoms with Crippen LogP contribution >= 0.6 is 11.6 Å². The van der Waals surface area contributed by atoms with Gasteiger partial charge in [0.05, 0.1) is 31.9 Å². The third-order valence-corrected chi connectivity index (χ3v) is 6.93. The smallest absolute Gasteiger partial charge is 0.265 e. The molecule has 10 heteroatoms. The van der Waals surface area contributed by atoms with E-state index in [1.807, 2.05) is 13.0 Å². The summed E-state index contributed by atoms with van der Waals surface area (Å²) in [4.78, 5) is 12.9. The average molecular weight is 505 g/mol. The summed E-state index contributed by atoms with van der Waals surface area (Å²) in [6, 6.07) is 15.9. The summed E-state index contributed by atoms with van der Waals surface area (Å²) in [6.45, 7) is 1.36. The van der Waals surface area contributed by atoms with Crippen molar-refractivity contribution >= 4 is 38.9 Å². The molecule has 3 aromatic rings. The van der Waals surface area contributed by atoms with E-state index in [9.17, 15) is 13.2 Å². The second kappa shape index (κ2) is 10.7. The van der Waals surface area contributed by atoms with E-state index in [4.69, 9.17) is 25.8 Å². The molecule has 0 bridgehead atoms. The number of sulfonamides is 1. The lowest BCUT2D eigenvalue weighted by atomic mass is 10.2. The number of benzene rings is 3. The molecule has 0 spiro atoms. The highest BCUT2D eigenvalue weighted by molar-refractivity contribution is 7.92. The Balaban J connectivity index is 2.08. The summed E-state index contributed by atoms with van der Waals surface area (Å²) in [5.74, 6) is 0.282. The molecule has 0 fully saturated rings. The van der Waals surface area contributed by atoms with Gasteiger partial charge in [-0.1, -0.05) is 23.7 Å². The van der Waals surface area contributed by atoms with Gasteiger partial charge in [0.25, 0.3) is 10.0 Å². The van der Waals surface area contributed by atoms with Crippen molar-refractivity contribution < 1.29 is 27.4 Å². The summed E-state index contributed by atoms with van der Waals surface area (Å²) >= 11 is 6.17. The Kier molecular flexibility index (Phi) is 7.90. The fourth-order valence-electron chi connectivity index (χ4n) is 3.32. The summed E-state index contributed by atoms with van der Waals surface area (Å²) < 4.78 is 44.3. The van der Waals surface area contributed by atoms with Crippen molar-refractivity contribution in [1.29, 1.82) is 0 Å². The van der Waals surface area contributed by atoms with E-state index in [0.29, 0.717) is 11.4 Å². The number of methoxy groups -OCH3 is 3. The van der Waals surface area contributed by atoms with Gasteiger partial charge in [-0.2, -0.15) is 0 Å². The van der Waals surface area contributed by atoms with Crippen LogP contribution in [0.4, 0.5) is 11.4 Å². The first-order valence-electron chi connectivity index (χ1n) is 10.1. The highest BCUT2D eigenvalue weighted by atomic mass is 35.5. The molecule has 180 valence electrons. The Bertz CT molecular complexity index is 1300. The molecule has 3 aromatic carbocycles. The predicted molar refractivity (Wildman–Crippen MR) is 132 cm³/mol. The van der Waals surface area contributed by atoms with Gasteiger partial charge < -0.3 is 19.5 Å². The van der Waals surface area contributed by atoms with Crippen molar-refractivity contribution in [3.8, 4) is 17.2 Å². The van der Waals surface area contributed by atoms with Crippen LogP contribution in [0.15, 0.2) is 65.6 Å². The van der Waals surface area contributed by atoms with Gasteiger partial charge in [0, 0.05) is 16.8 Å². The molecular weight excluding hydrogens is 480 g/mol. The summed E-state index contributed by atoms with van der Waals surface area (Å²) in [5, 5.41) is 3.02. The lowest BCUT2D eigenvalue weighted by Crippen LogP contribution is -2.38. The van der Waals surface area contributed by atoms with Gasteiger partial charge in [0.2, 0.25) is 5.91 Å². The fourth-order valence-corrected chi connectivity index (χ4v) is 4.92. The van der Waals surface area contributed by atoms with E-state index in [1.165, 1.54) is 51.7 Å². The second-order valence-corrected chi connectivity index (χ2v) is 9.56.